The van der Waals surface area contributed by atoms with Crippen LogP contribution in [-0.2, 0) is 4.74 Å². The number of nitrogen functional groups attached to an aromatic ring is 1. The second-order valence-corrected chi connectivity index (χ2v) is 4.92. The van der Waals surface area contributed by atoms with Gasteiger partial charge in [0.1, 0.15) is 16.6 Å². The number of aromatic nitrogens is 2. The van der Waals surface area contributed by atoms with Crippen molar-refractivity contribution in [3.8, 4) is 0 Å². The van der Waals surface area contributed by atoms with Gasteiger partial charge in [-0.05, 0) is 22.9 Å². The van der Waals surface area contributed by atoms with Gasteiger partial charge in [0.25, 0.3) is 0 Å². The molecule has 5 N–H and O–H groups in total. The van der Waals surface area contributed by atoms with E-state index >= 15 is 0 Å². The van der Waals surface area contributed by atoms with Crippen LogP contribution in [0.1, 0.15) is 13.3 Å². The highest BCUT2D eigenvalue weighted by Crippen LogP contribution is 2.26. The largest absolute Gasteiger partial charge is 0.388 e. The number of methoxy groups -OCH3 is 1. The van der Waals surface area contributed by atoms with Gasteiger partial charge in [-0.3, -0.25) is 0 Å². The van der Waals surface area contributed by atoms with E-state index in [2.05, 4.69) is 36.6 Å². The number of nitrogens with one attached hydrogen (secondary N) is 2. The van der Waals surface area contributed by atoms with Gasteiger partial charge in [0, 0.05) is 26.7 Å². The zero-order valence-electron chi connectivity index (χ0n) is 10.4. The Morgan fingerprint density at radius 1 is 1.50 bits per heavy atom. The molecule has 1 atom stereocenters. The van der Waals surface area contributed by atoms with Crippen molar-refractivity contribution >= 4 is 27.6 Å². The Balaban J connectivity index is 2.63. The average Bonchev–Trinajstić information content (AvgIpc) is 2.35. The van der Waals surface area contributed by atoms with E-state index in [1.54, 1.807) is 14.0 Å². The summed E-state index contributed by atoms with van der Waals surface area (Å²) < 4.78 is 5.56. The summed E-state index contributed by atoms with van der Waals surface area (Å²) in [5, 5.41) is 13.1. The smallest absolute Gasteiger partial charge is 0.159 e. The number of halogens is 1. The van der Waals surface area contributed by atoms with Crippen LogP contribution in [0.15, 0.2) is 10.8 Å². The number of hydrogen-bond acceptors (Lipinski definition) is 7. The maximum Gasteiger partial charge on any atom is 0.159 e. The van der Waals surface area contributed by atoms with Crippen molar-refractivity contribution in [1.82, 2.24) is 9.97 Å². The lowest BCUT2D eigenvalue weighted by Crippen LogP contribution is -2.35. The number of nitrogens with two attached hydrogens (primary N) is 1. The van der Waals surface area contributed by atoms with Gasteiger partial charge < -0.3 is 20.6 Å². The van der Waals surface area contributed by atoms with Crippen LogP contribution < -0.4 is 16.6 Å². The van der Waals surface area contributed by atoms with Crippen LogP contribution in [0.25, 0.3) is 0 Å². The van der Waals surface area contributed by atoms with E-state index in [9.17, 15) is 5.11 Å². The van der Waals surface area contributed by atoms with Crippen LogP contribution in [0, 0.1) is 0 Å². The van der Waals surface area contributed by atoms with Crippen molar-refractivity contribution in [3.63, 3.8) is 0 Å². The summed E-state index contributed by atoms with van der Waals surface area (Å²) >= 11 is 3.33. The van der Waals surface area contributed by atoms with Gasteiger partial charge in [-0.2, -0.15) is 0 Å². The molecule has 1 heterocycles. The minimum Gasteiger partial charge on any atom is -0.388 e. The normalized spacial score (nSPS) is 14.1. The van der Waals surface area contributed by atoms with Crippen molar-refractivity contribution in [2.24, 2.45) is 5.84 Å². The summed E-state index contributed by atoms with van der Waals surface area (Å²) in [6, 6.07) is 0. The summed E-state index contributed by atoms with van der Waals surface area (Å²) in [4.78, 5) is 8.00. The fourth-order valence-corrected chi connectivity index (χ4v) is 1.74. The first-order valence-corrected chi connectivity index (χ1v) is 6.22. The molecule has 102 valence electrons. The van der Waals surface area contributed by atoms with Gasteiger partial charge in [-0.1, -0.05) is 0 Å². The third-order valence-corrected chi connectivity index (χ3v) is 3.16. The Bertz CT molecular complexity index is 389. The molecule has 0 radical (unpaired) electrons. The third-order valence-electron chi connectivity index (χ3n) is 2.41. The van der Waals surface area contributed by atoms with Gasteiger partial charge in [-0.25, -0.2) is 15.8 Å². The molecule has 0 aliphatic rings. The van der Waals surface area contributed by atoms with Gasteiger partial charge in [0.05, 0.1) is 5.60 Å². The van der Waals surface area contributed by atoms with Crippen LogP contribution >= 0.6 is 15.9 Å². The number of ether oxygens (including phenoxy) is 1. The quantitative estimate of drug-likeness (QED) is 0.433. The van der Waals surface area contributed by atoms with E-state index in [0.717, 1.165) is 0 Å². The zero-order valence-corrected chi connectivity index (χ0v) is 12.0. The summed E-state index contributed by atoms with van der Waals surface area (Å²) in [6.07, 6.45) is 1.91. The molecule has 1 unspecified atom stereocenters. The topological polar surface area (TPSA) is 105 Å². The molecule has 1 aromatic heterocycles. The molecule has 0 fully saturated rings. The molecule has 0 amide bonds. The molecule has 0 aromatic carbocycles. The molecule has 0 saturated heterocycles. The van der Waals surface area contributed by atoms with Crippen LogP contribution in [0.2, 0.25) is 0 Å². The highest BCUT2D eigenvalue weighted by Gasteiger charge is 2.20. The summed E-state index contributed by atoms with van der Waals surface area (Å²) in [5.41, 5.74) is 1.57. The molecule has 18 heavy (non-hydrogen) atoms. The van der Waals surface area contributed by atoms with E-state index in [-0.39, 0.29) is 0 Å². The molecule has 1 aromatic rings. The highest BCUT2D eigenvalue weighted by molar-refractivity contribution is 9.10. The van der Waals surface area contributed by atoms with Crippen molar-refractivity contribution in [3.05, 3.63) is 10.8 Å². The molecular weight excluding hydrogens is 302 g/mol. The summed E-state index contributed by atoms with van der Waals surface area (Å²) in [7, 11) is 1.60. The van der Waals surface area contributed by atoms with Gasteiger partial charge >= 0.3 is 0 Å². The Morgan fingerprint density at radius 2 is 2.17 bits per heavy atom. The van der Waals surface area contributed by atoms with Crippen LogP contribution in [0.5, 0.6) is 0 Å². The SMILES string of the molecule is COCCC(C)(O)CNc1ncnc(NN)c1Br. The highest BCUT2D eigenvalue weighted by atomic mass is 79.9. The molecule has 8 heteroatoms. The first-order chi connectivity index (χ1) is 8.50. The van der Waals surface area contributed by atoms with Crippen molar-refractivity contribution in [2.75, 3.05) is 31.0 Å². The lowest BCUT2D eigenvalue weighted by Gasteiger charge is -2.23. The van der Waals surface area contributed by atoms with E-state index < -0.39 is 5.60 Å². The first kappa shape index (κ1) is 15.1. The van der Waals surface area contributed by atoms with Gasteiger partial charge in [0.2, 0.25) is 0 Å². The first-order valence-electron chi connectivity index (χ1n) is 5.42. The molecule has 0 spiro atoms. The number of hydrazine groups is 1. The van der Waals surface area contributed by atoms with Gasteiger partial charge in [0.15, 0.2) is 5.82 Å². The predicted molar refractivity (Wildman–Crippen MR) is 73.1 cm³/mol. The van der Waals surface area contributed by atoms with Crippen LogP contribution in [-0.4, -0.2) is 40.9 Å². The van der Waals surface area contributed by atoms with E-state index in [1.807, 2.05) is 0 Å². The Kier molecular flexibility index (Phi) is 5.73. The monoisotopic (exact) mass is 319 g/mol. The van der Waals surface area contributed by atoms with Crippen molar-refractivity contribution < 1.29 is 9.84 Å². The second kappa shape index (κ2) is 6.83. The number of nitrogens with zero attached hydrogens (tertiary/aromatic N) is 2. The minimum atomic E-state index is -0.878. The van der Waals surface area contributed by atoms with Crippen molar-refractivity contribution in [1.29, 1.82) is 0 Å². The molecular formula is C10H18BrN5O2. The number of rotatable bonds is 7. The fourth-order valence-electron chi connectivity index (χ4n) is 1.28. The Morgan fingerprint density at radius 3 is 2.78 bits per heavy atom. The van der Waals surface area contributed by atoms with Gasteiger partial charge in [-0.15, -0.1) is 0 Å². The lowest BCUT2D eigenvalue weighted by atomic mass is 10.0. The van der Waals surface area contributed by atoms with Crippen LogP contribution in [0.4, 0.5) is 11.6 Å². The standard InChI is InChI=1S/C10H18BrN5O2/c1-10(17,3-4-18-2)5-13-8-7(11)9(16-12)15-6-14-8/h6,17H,3-5,12H2,1-2H3,(H2,13,14,15,16). The second-order valence-electron chi connectivity index (χ2n) is 4.12. The molecule has 1 rings (SSSR count). The predicted octanol–water partition coefficient (Wildman–Crippen LogP) is 0.724. The molecule has 0 bridgehead atoms. The van der Waals surface area contributed by atoms with E-state index in [1.165, 1.54) is 6.33 Å². The summed E-state index contributed by atoms with van der Waals surface area (Å²) in [5.74, 6) is 6.34. The van der Waals surface area contributed by atoms with Crippen LogP contribution in [0.3, 0.4) is 0 Å². The molecule has 0 aliphatic carbocycles. The Labute approximate surface area is 114 Å². The maximum atomic E-state index is 10.1. The Hall–Kier alpha value is -0.960. The summed E-state index contributed by atoms with van der Waals surface area (Å²) in [6.45, 7) is 2.57. The molecule has 7 nitrogen and oxygen atoms in total. The number of hydrogen-bond donors (Lipinski definition) is 4. The van der Waals surface area contributed by atoms with E-state index in [0.29, 0.717) is 35.7 Å². The lowest BCUT2D eigenvalue weighted by molar-refractivity contribution is 0.0357. The van der Waals surface area contributed by atoms with E-state index in [4.69, 9.17) is 10.6 Å². The zero-order chi connectivity index (χ0) is 13.6. The fraction of sp³-hybridized carbons (Fsp3) is 0.600. The third kappa shape index (κ3) is 4.37. The minimum absolute atomic E-state index is 0.343. The number of anilines is 2. The maximum absolute atomic E-state index is 10.1. The molecule has 0 saturated carbocycles. The van der Waals surface area contributed by atoms with Crippen molar-refractivity contribution in [2.45, 2.75) is 18.9 Å². The number of aliphatic hydroxyl groups is 1. The molecule has 0 aliphatic heterocycles. The average molecular weight is 320 g/mol.